The molecule has 0 spiro atoms. The first-order valence-corrected chi connectivity index (χ1v) is 3.91. The number of benzene rings is 1. The van der Waals surface area contributed by atoms with Crippen LogP contribution in [0.2, 0.25) is 0 Å². The zero-order valence-corrected chi connectivity index (χ0v) is 11.5. The standard InChI is InChI=1S/C9H6F6.2BrH/c10-8(11,12)7(9(13,14)15)6-4-2-1-3-5-6;;/h1-5,7H;2*1H. The molecule has 0 heterocycles. The lowest BCUT2D eigenvalue weighted by atomic mass is 9.98. The maximum absolute atomic E-state index is 12.2. The first-order chi connectivity index (χ1) is 6.73. The Morgan fingerprint density at radius 2 is 1.06 bits per heavy atom. The molecule has 0 fully saturated rings. The van der Waals surface area contributed by atoms with Gasteiger partial charge >= 0.3 is 12.4 Å². The Hall–Kier alpha value is -0.240. The summed E-state index contributed by atoms with van der Waals surface area (Å²) in [4.78, 5) is 0. The van der Waals surface area contributed by atoms with E-state index < -0.39 is 23.8 Å². The Kier molecular flexibility index (Phi) is 7.45. The molecule has 0 atom stereocenters. The molecule has 0 saturated heterocycles. The minimum Gasteiger partial charge on any atom is -0.170 e. The summed E-state index contributed by atoms with van der Waals surface area (Å²) in [5.41, 5.74) is -0.794. The largest absolute Gasteiger partial charge is 0.404 e. The minimum absolute atomic E-state index is 0. The molecule has 1 aromatic carbocycles. The van der Waals surface area contributed by atoms with Crippen LogP contribution in [0.25, 0.3) is 0 Å². The minimum atomic E-state index is -5.32. The maximum Gasteiger partial charge on any atom is 0.404 e. The van der Waals surface area contributed by atoms with Gasteiger partial charge in [-0.05, 0) is 5.56 Å². The third-order valence-corrected chi connectivity index (χ3v) is 1.79. The predicted octanol–water partition coefficient (Wildman–Crippen LogP) is 5.05. The van der Waals surface area contributed by atoms with Crippen molar-refractivity contribution in [1.29, 1.82) is 0 Å². The summed E-state index contributed by atoms with van der Waals surface area (Å²) >= 11 is 0. The Bertz CT molecular complexity index is 304. The molecule has 0 aliphatic rings. The van der Waals surface area contributed by atoms with Gasteiger partial charge < -0.3 is 0 Å². The lowest BCUT2D eigenvalue weighted by Gasteiger charge is -2.23. The molecular weight excluding hydrogens is 382 g/mol. The average molecular weight is 390 g/mol. The molecule has 0 aromatic heterocycles. The molecule has 100 valence electrons. The summed E-state index contributed by atoms with van der Waals surface area (Å²) in [6.45, 7) is 0. The van der Waals surface area contributed by atoms with Crippen LogP contribution in [-0.2, 0) is 0 Å². The van der Waals surface area contributed by atoms with Gasteiger partial charge in [0.05, 0.1) is 0 Å². The van der Waals surface area contributed by atoms with Crippen LogP contribution >= 0.6 is 34.0 Å². The van der Waals surface area contributed by atoms with E-state index in [2.05, 4.69) is 0 Å². The van der Waals surface area contributed by atoms with Crippen LogP contribution < -0.4 is 0 Å². The lowest BCUT2D eigenvalue weighted by Crippen LogP contribution is -2.34. The number of hydrogen-bond acceptors (Lipinski definition) is 0. The highest BCUT2D eigenvalue weighted by molar-refractivity contribution is 8.93. The molecule has 0 saturated carbocycles. The van der Waals surface area contributed by atoms with Gasteiger partial charge in [-0.1, -0.05) is 30.3 Å². The van der Waals surface area contributed by atoms with Crippen LogP contribution in [0.15, 0.2) is 30.3 Å². The van der Waals surface area contributed by atoms with Crippen molar-refractivity contribution in [3.63, 3.8) is 0 Å². The Morgan fingerprint density at radius 3 is 1.35 bits per heavy atom. The second-order valence-corrected chi connectivity index (χ2v) is 2.93. The van der Waals surface area contributed by atoms with Gasteiger partial charge in [0.1, 0.15) is 0 Å². The van der Waals surface area contributed by atoms with E-state index in [1.54, 1.807) is 0 Å². The van der Waals surface area contributed by atoms with Crippen LogP contribution in [-0.4, -0.2) is 12.4 Å². The topological polar surface area (TPSA) is 0 Å². The van der Waals surface area contributed by atoms with Crippen LogP contribution in [0.3, 0.4) is 0 Å². The highest BCUT2D eigenvalue weighted by atomic mass is 79.9. The van der Waals surface area contributed by atoms with E-state index in [1.165, 1.54) is 6.07 Å². The molecule has 0 radical (unpaired) electrons. The number of halogens is 8. The first-order valence-electron chi connectivity index (χ1n) is 3.91. The molecule has 0 nitrogen and oxygen atoms in total. The number of hydrogen-bond donors (Lipinski definition) is 0. The lowest BCUT2D eigenvalue weighted by molar-refractivity contribution is -0.253. The van der Waals surface area contributed by atoms with Gasteiger partial charge in [0.15, 0.2) is 5.92 Å². The summed E-state index contributed by atoms with van der Waals surface area (Å²) in [5, 5.41) is 0. The van der Waals surface area contributed by atoms with Crippen molar-refractivity contribution >= 4 is 34.0 Å². The van der Waals surface area contributed by atoms with E-state index in [0.29, 0.717) is 0 Å². The van der Waals surface area contributed by atoms with Crippen LogP contribution in [0.4, 0.5) is 26.3 Å². The Morgan fingerprint density at radius 1 is 0.706 bits per heavy atom. The van der Waals surface area contributed by atoms with Gasteiger partial charge in [-0.25, -0.2) is 0 Å². The van der Waals surface area contributed by atoms with E-state index in [9.17, 15) is 26.3 Å². The molecule has 0 aliphatic heterocycles. The van der Waals surface area contributed by atoms with Crippen molar-refractivity contribution in [2.24, 2.45) is 0 Å². The summed E-state index contributed by atoms with van der Waals surface area (Å²) in [6.07, 6.45) is -10.6. The van der Waals surface area contributed by atoms with Crippen molar-refractivity contribution in [1.82, 2.24) is 0 Å². The van der Waals surface area contributed by atoms with Gasteiger partial charge in [0.2, 0.25) is 0 Å². The van der Waals surface area contributed by atoms with Crippen molar-refractivity contribution in [3.8, 4) is 0 Å². The van der Waals surface area contributed by atoms with Gasteiger partial charge in [-0.2, -0.15) is 26.3 Å². The molecule has 0 aliphatic carbocycles. The maximum atomic E-state index is 12.2. The summed E-state index contributed by atoms with van der Waals surface area (Å²) in [5.74, 6) is -3.41. The Labute approximate surface area is 115 Å². The number of rotatable bonds is 1. The molecule has 1 rings (SSSR count). The monoisotopic (exact) mass is 388 g/mol. The van der Waals surface area contributed by atoms with Crippen molar-refractivity contribution in [2.75, 3.05) is 0 Å². The van der Waals surface area contributed by atoms with Gasteiger partial charge in [0.25, 0.3) is 0 Å². The molecule has 17 heavy (non-hydrogen) atoms. The van der Waals surface area contributed by atoms with Crippen LogP contribution in [0, 0.1) is 0 Å². The van der Waals surface area contributed by atoms with E-state index in [4.69, 9.17) is 0 Å². The van der Waals surface area contributed by atoms with Crippen LogP contribution in [0.5, 0.6) is 0 Å². The summed E-state index contributed by atoms with van der Waals surface area (Å²) in [7, 11) is 0. The second-order valence-electron chi connectivity index (χ2n) is 2.93. The smallest absolute Gasteiger partial charge is 0.170 e. The average Bonchev–Trinajstić information content (AvgIpc) is 2.00. The molecular formula is C9H8Br2F6. The van der Waals surface area contributed by atoms with E-state index in [1.807, 2.05) is 0 Å². The van der Waals surface area contributed by atoms with Crippen molar-refractivity contribution in [3.05, 3.63) is 35.9 Å². The fourth-order valence-electron chi connectivity index (χ4n) is 1.21. The molecule has 0 unspecified atom stereocenters. The van der Waals surface area contributed by atoms with E-state index in [0.717, 1.165) is 24.3 Å². The highest BCUT2D eigenvalue weighted by Gasteiger charge is 2.57. The first kappa shape index (κ1) is 19.1. The summed E-state index contributed by atoms with van der Waals surface area (Å²) < 4.78 is 73.1. The van der Waals surface area contributed by atoms with Gasteiger partial charge in [0, 0.05) is 0 Å². The van der Waals surface area contributed by atoms with E-state index >= 15 is 0 Å². The fraction of sp³-hybridized carbons (Fsp3) is 0.333. The molecule has 0 bridgehead atoms. The zero-order chi connectivity index (χ0) is 11.7. The molecule has 1 aromatic rings. The fourth-order valence-corrected chi connectivity index (χ4v) is 1.21. The predicted molar refractivity (Wildman–Crippen MR) is 61.9 cm³/mol. The third-order valence-electron chi connectivity index (χ3n) is 1.79. The highest BCUT2D eigenvalue weighted by Crippen LogP contribution is 2.45. The number of alkyl halides is 6. The summed E-state index contributed by atoms with van der Waals surface area (Å²) in [6, 6.07) is 5.25. The second kappa shape index (κ2) is 6.63. The Balaban J connectivity index is 0. The molecule has 0 N–H and O–H groups in total. The zero-order valence-electron chi connectivity index (χ0n) is 8.05. The normalized spacial score (nSPS) is 11.7. The van der Waals surface area contributed by atoms with Crippen LogP contribution in [0.1, 0.15) is 11.5 Å². The van der Waals surface area contributed by atoms with Crippen molar-refractivity contribution in [2.45, 2.75) is 18.3 Å². The van der Waals surface area contributed by atoms with Crippen molar-refractivity contribution < 1.29 is 26.3 Å². The SMILES string of the molecule is Br.Br.FC(F)(F)C(c1ccccc1)C(F)(F)F. The molecule has 0 amide bonds. The quantitative estimate of drug-likeness (QED) is 0.589. The van der Waals surface area contributed by atoms with Gasteiger partial charge in [-0.15, -0.1) is 34.0 Å². The van der Waals surface area contributed by atoms with Gasteiger partial charge in [-0.3, -0.25) is 0 Å². The molecule has 8 heteroatoms. The van der Waals surface area contributed by atoms with E-state index in [-0.39, 0.29) is 34.0 Å². The third kappa shape index (κ3) is 5.29.